The monoisotopic (exact) mass is 367 g/mol. The molecule has 4 heteroatoms. The van der Waals surface area contributed by atoms with Crippen LogP contribution in [0.25, 0.3) is 22.1 Å². The Morgan fingerprint density at radius 1 is 1.08 bits per heavy atom. The largest absolute Gasteiger partial charge is 0.463 e. The van der Waals surface area contributed by atoms with Crippen LogP contribution in [-0.2, 0) is 5.41 Å². The molecule has 0 N–H and O–H groups in total. The maximum absolute atomic E-state index is 13.0. The van der Waals surface area contributed by atoms with Gasteiger partial charge in [0.2, 0.25) is 0 Å². The van der Waals surface area contributed by atoms with Crippen LogP contribution in [0.15, 0.2) is 57.9 Å². The van der Waals surface area contributed by atoms with Crippen molar-refractivity contribution in [2.24, 2.45) is 0 Å². The maximum atomic E-state index is 13.0. The standard InChI is InChI=1S/C22H25NO2S/c1-6-23(26-5)17-11-12-18-20(13-17)25-14-19(21(18)24)15-7-9-16(10-8-15)22(2,3)4/h7-14H,6H2,1-5H3. The summed E-state index contributed by atoms with van der Waals surface area (Å²) in [4.78, 5) is 13.0. The van der Waals surface area contributed by atoms with Crippen molar-refractivity contribution in [3.8, 4) is 11.1 Å². The fourth-order valence-corrected chi connectivity index (χ4v) is 3.62. The lowest BCUT2D eigenvalue weighted by atomic mass is 9.86. The van der Waals surface area contributed by atoms with Gasteiger partial charge >= 0.3 is 0 Å². The summed E-state index contributed by atoms with van der Waals surface area (Å²) < 4.78 is 7.97. The number of fused-ring (bicyclic) bond motifs is 1. The Kier molecular flexibility index (Phi) is 5.15. The van der Waals surface area contributed by atoms with E-state index in [2.05, 4.69) is 44.1 Å². The van der Waals surface area contributed by atoms with Gasteiger partial charge < -0.3 is 8.72 Å². The van der Waals surface area contributed by atoms with E-state index in [4.69, 9.17) is 4.42 Å². The SMILES string of the molecule is CCN(SC)c1ccc2c(=O)c(-c3ccc(C(C)(C)C)cc3)coc2c1. The molecule has 0 aliphatic rings. The third-order valence-electron chi connectivity index (χ3n) is 4.62. The molecule has 0 saturated heterocycles. The minimum absolute atomic E-state index is 0.00788. The highest BCUT2D eigenvalue weighted by atomic mass is 32.2. The van der Waals surface area contributed by atoms with Crippen LogP contribution in [0, 0.1) is 0 Å². The lowest BCUT2D eigenvalue weighted by Gasteiger charge is -2.19. The van der Waals surface area contributed by atoms with E-state index in [0.29, 0.717) is 16.5 Å². The van der Waals surface area contributed by atoms with Crippen LogP contribution in [0.4, 0.5) is 5.69 Å². The fraction of sp³-hybridized carbons (Fsp3) is 0.318. The van der Waals surface area contributed by atoms with Gasteiger partial charge in [0.15, 0.2) is 5.43 Å². The van der Waals surface area contributed by atoms with Gasteiger partial charge in [-0.1, -0.05) is 57.0 Å². The second-order valence-electron chi connectivity index (χ2n) is 7.36. The predicted octanol–water partition coefficient (Wildman–Crippen LogP) is 5.86. The number of rotatable bonds is 4. The smallest absolute Gasteiger partial charge is 0.200 e. The molecule has 0 bridgehead atoms. The Morgan fingerprint density at radius 3 is 2.35 bits per heavy atom. The third-order valence-corrected chi connectivity index (χ3v) is 5.53. The van der Waals surface area contributed by atoms with E-state index in [1.165, 1.54) is 5.56 Å². The molecule has 3 rings (SSSR count). The van der Waals surface area contributed by atoms with Crippen LogP contribution in [0.3, 0.4) is 0 Å². The Hall–Kier alpha value is -2.20. The lowest BCUT2D eigenvalue weighted by molar-refractivity contribution is 0.590. The summed E-state index contributed by atoms with van der Waals surface area (Å²) in [5.41, 5.74) is 4.49. The summed E-state index contributed by atoms with van der Waals surface area (Å²) in [6, 6.07) is 13.9. The van der Waals surface area contributed by atoms with E-state index < -0.39 is 0 Å². The van der Waals surface area contributed by atoms with Crippen molar-refractivity contribution in [3.05, 3.63) is 64.5 Å². The fourth-order valence-electron chi connectivity index (χ4n) is 3.04. The molecule has 136 valence electrons. The van der Waals surface area contributed by atoms with Gasteiger partial charge in [-0.3, -0.25) is 4.79 Å². The van der Waals surface area contributed by atoms with Gasteiger partial charge in [0, 0.05) is 18.9 Å². The molecule has 0 aliphatic carbocycles. The first-order valence-corrected chi connectivity index (χ1v) is 10.0. The highest BCUT2D eigenvalue weighted by Gasteiger charge is 2.15. The van der Waals surface area contributed by atoms with Crippen LogP contribution in [0.5, 0.6) is 0 Å². The molecule has 0 radical (unpaired) electrons. The molecular formula is C22H25NO2S. The Labute approximate surface area is 159 Å². The second-order valence-corrected chi connectivity index (χ2v) is 8.17. The highest BCUT2D eigenvalue weighted by Crippen LogP contribution is 2.28. The number of nitrogens with zero attached hydrogens (tertiary/aromatic N) is 1. The summed E-state index contributed by atoms with van der Waals surface area (Å²) >= 11 is 1.65. The molecule has 3 nitrogen and oxygen atoms in total. The zero-order chi connectivity index (χ0) is 18.9. The summed E-state index contributed by atoms with van der Waals surface area (Å²) in [6.45, 7) is 9.52. The molecule has 0 fully saturated rings. The molecule has 0 atom stereocenters. The summed E-state index contributed by atoms with van der Waals surface area (Å²) in [6.07, 6.45) is 3.62. The summed E-state index contributed by atoms with van der Waals surface area (Å²) in [7, 11) is 0. The Morgan fingerprint density at radius 2 is 1.77 bits per heavy atom. The first-order valence-electron chi connectivity index (χ1n) is 8.83. The molecule has 1 aromatic heterocycles. The van der Waals surface area contributed by atoms with E-state index in [1.807, 2.05) is 36.6 Å². The summed E-state index contributed by atoms with van der Waals surface area (Å²) in [5, 5.41) is 0.614. The van der Waals surface area contributed by atoms with Gasteiger partial charge in [0.1, 0.15) is 11.8 Å². The van der Waals surface area contributed by atoms with Crippen molar-refractivity contribution in [2.75, 3.05) is 17.1 Å². The molecule has 0 aliphatic heterocycles. The average Bonchev–Trinajstić information content (AvgIpc) is 2.62. The minimum atomic E-state index is 0.00788. The molecule has 3 aromatic rings. The van der Waals surface area contributed by atoms with Crippen molar-refractivity contribution < 1.29 is 4.42 Å². The molecule has 0 unspecified atom stereocenters. The quantitative estimate of drug-likeness (QED) is 0.541. The average molecular weight is 368 g/mol. The van der Waals surface area contributed by atoms with Crippen LogP contribution >= 0.6 is 11.9 Å². The van der Waals surface area contributed by atoms with E-state index in [1.54, 1.807) is 18.2 Å². The van der Waals surface area contributed by atoms with Crippen LogP contribution in [0.1, 0.15) is 33.3 Å². The first-order chi connectivity index (χ1) is 12.3. The molecular weight excluding hydrogens is 342 g/mol. The van der Waals surface area contributed by atoms with Crippen molar-refractivity contribution in [2.45, 2.75) is 33.1 Å². The van der Waals surface area contributed by atoms with Gasteiger partial charge in [0.05, 0.1) is 16.6 Å². The van der Waals surface area contributed by atoms with Gasteiger partial charge in [-0.25, -0.2) is 0 Å². The van der Waals surface area contributed by atoms with E-state index in [-0.39, 0.29) is 10.8 Å². The van der Waals surface area contributed by atoms with Crippen molar-refractivity contribution >= 4 is 28.6 Å². The molecule has 2 aromatic carbocycles. The Balaban J connectivity index is 2.05. The summed E-state index contributed by atoms with van der Waals surface area (Å²) in [5.74, 6) is 0. The lowest BCUT2D eigenvalue weighted by Crippen LogP contribution is -2.13. The zero-order valence-electron chi connectivity index (χ0n) is 16.0. The van der Waals surface area contributed by atoms with E-state index >= 15 is 0 Å². The number of benzene rings is 2. The van der Waals surface area contributed by atoms with E-state index in [0.717, 1.165) is 17.8 Å². The molecule has 0 saturated carbocycles. The highest BCUT2D eigenvalue weighted by molar-refractivity contribution is 7.99. The van der Waals surface area contributed by atoms with E-state index in [9.17, 15) is 4.79 Å². The zero-order valence-corrected chi connectivity index (χ0v) is 16.8. The Bertz CT molecular complexity index is 964. The van der Waals surface area contributed by atoms with Gasteiger partial charge in [-0.05, 0) is 35.6 Å². The molecule has 0 amide bonds. The number of hydrogen-bond donors (Lipinski definition) is 0. The first kappa shape index (κ1) is 18.6. The van der Waals surface area contributed by atoms with Gasteiger partial charge in [0.25, 0.3) is 0 Å². The maximum Gasteiger partial charge on any atom is 0.200 e. The predicted molar refractivity (Wildman–Crippen MR) is 113 cm³/mol. The second kappa shape index (κ2) is 7.20. The normalized spacial score (nSPS) is 11.7. The van der Waals surface area contributed by atoms with Crippen LogP contribution in [-0.4, -0.2) is 12.8 Å². The van der Waals surface area contributed by atoms with Gasteiger partial charge in [-0.2, -0.15) is 0 Å². The van der Waals surface area contributed by atoms with Crippen molar-refractivity contribution in [1.82, 2.24) is 0 Å². The number of hydrogen-bond acceptors (Lipinski definition) is 4. The van der Waals surface area contributed by atoms with Gasteiger partial charge in [-0.15, -0.1) is 0 Å². The van der Waals surface area contributed by atoms with Crippen LogP contribution < -0.4 is 9.73 Å². The third kappa shape index (κ3) is 3.51. The van der Waals surface area contributed by atoms with Crippen molar-refractivity contribution in [3.63, 3.8) is 0 Å². The number of anilines is 1. The molecule has 26 heavy (non-hydrogen) atoms. The van der Waals surface area contributed by atoms with Crippen LogP contribution in [0.2, 0.25) is 0 Å². The topological polar surface area (TPSA) is 33.5 Å². The molecule has 0 spiro atoms. The molecule has 1 heterocycles. The minimum Gasteiger partial charge on any atom is -0.463 e. The van der Waals surface area contributed by atoms with Crippen molar-refractivity contribution in [1.29, 1.82) is 0 Å².